The van der Waals surface area contributed by atoms with Crippen LogP contribution in [0.25, 0.3) is 0 Å². The van der Waals surface area contributed by atoms with Crippen molar-refractivity contribution in [2.75, 3.05) is 16.2 Å². The van der Waals surface area contributed by atoms with Gasteiger partial charge in [-0.2, -0.15) is 0 Å². The van der Waals surface area contributed by atoms with Crippen LogP contribution in [0.4, 0.5) is 28.9 Å². The molecule has 0 spiro atoms. The Hall–Kier alpha value is -3.60. The summed E-state index contributed by atoms with van der Waals surface area (Å²) in [4.78, 5) is 12.4. The van der Waals surface area contributed by atoms with Gasteiger partial charge in [-0.1, -0.05) is 30.3 Å². The van der Waals surface area contributed by atoms with E-state index < -0.39 is 40.4 Å². The summed E-state index contributed by atoms with van der Waals surface area (Å²) >= 11 is 0. The number of amides is 1. The van der Waals surface area contributed by atoms with Gasteiger partial charge in [-0.25, -0.2) is 12.8 Å². The standard InChI is InChI=1S/C21H16F4N2O4S/c22-18-8-4-5-9-19(18)27(32(29,30)17-6-2-1-3-7-17)14-20(28)26-15-10-12-16(13-11-15)31-21(23,24)25/h1-13H,14H2,(H,26,28). The molecule has 168 valence electrons. The van der Waals surface area contributed by atoms with Crippen LogP contribution in [0.2, 0.25) is 0 Å². The van der Waals surface area contributed by atoms with Gasteiger partial charge in [-0.3, -0.25) is 9.10 Å². The summed E-state index contributed by atoms with van der Waals surface area (Å²) in [6, 6.07) is 16.5. The minimum absolute atomic E-state index is 0.0927. The number of alkyl halides is 3. The highest BCUT2D eigenvalue weighted by Gasteiger charge is 2.31. The van der Waals surface area contributed by atoms with Crippen LogP contribution in [0.5, 0.6) is 5.75 Å². The molecule has 0 atom stereocenters. The van der Waals surface area contributed by atoms with E-state index in [1.807, 2.05) is 0 Å². The Labute approximate surface area is 181 Å². The number of para-hydroxylation sites is 1. The Morgan fingerprint density at radius 2 is 1.50 bits per heavy atom. The number of nitrogens with one attached hydrogen (secondary N) is 1. The van der Waals surface area contributed by atoms with Crippen LogP contribution in [-0.4, -0.2) is 27.2 Å². The van der Waals surface area contributed by atoms with E-state index in [2.05, 4.69) is 10.1 Å². The normalized spacial score (nSPS) is 11.6. The zero-order valence-electron chi connectivity index (χ0n) is 16.2. The summed E-state index contributed by atoms with van der Waals surface area (Å²) in [5.74, 6) is -2.18. The third-order valence-electron chi connectivity index (χ3n) is 4.11. The van der Waals surface area contributed by atoms with Crippen molar-refractivity contribution in [1.82, 2.24) is 0 Å². The van der Waals surface area contributed by atoms with Gasteiger partial charge in [0.15, 0.2) is 0 Å². The van der Waals surface area contributed by atoms with Crippen LogP contribution in [0, 0.1) is 5.82 Å². The highest BCUT2D eigenvalue weighted by atomic mass is 32.2. The predicted octanol–water partition coefficient (Wildman–Crippen LogP) is 4.56. The fourth-order valence-corrected chi connectivity index (χ4v) is 4.19. The molecule has 0 aliphatic heterocycles. The molecular weight excluding hydrogens is 452 g/mol. The van der Waals surface area contributed by atoms with Crippen LogP contribution in [-0.2, 0) is 14.8 Å². The molecule has 0 bridgehead atoms. The summed E-state index contributed by atoms with van der Waals surface area (Å²) in [6.07, 6.45) is -4.86. The molecule has 1 N–H and O–H groups in total. The van der Waals surface area contributed by atoms with Crippen molar-refractivity contribution in [3.63, 3.8) is 0 Å². The lowest BCUT2D eigenvalue weighted by molar-refractivity contribution is -0.274. The molecule has 0 aliphatic carbocycles. The van der Waals surface area contributed by atoms with E-state index in [1.54, 1.807) is 6.07 Å². The average Bonchev–Trinajstić information content (AvgIpc) is 2.73. The Kier molecular flexibility index (Phi) is 6.68. The second-order valence-electron chi connectivity index (χ2n) is 6.40. The number of benzene rings is 3. The first kappa shape index (κ1) is 23.1. The number of halogens is 4. The number of hydrogen-bond acceptors (Lipinski definition) is 4. The summed E-state index contributed by atoms with van der Waals surface area (Å²) in [6.45, 7) is -0.779. The Balaban J connectivity index is 1.84. The smallest absolute Gasteiger partial charge is 0.406 e. The molecule has 0 aromatic heterocycles. The van der Waals surface area contributed by atoms with E-state index in [4.69, 9.17) is 0 Å². The lowest BCUT2D eigenvalue weighted by atomic mass is 10.3. The Morgan fingerprint density at radius 3 is 2.09 bits per heavy atom. The zero-order chi connectivity index (χ0) is 23.4. The SMILES string of the molecule is O=C(CN(c1ccccc1F)S(=O)(=O)c1ccccc1)Nc1ccc(OC(F)(F)F)cc1. The third kappa shape index (κ3) is 5.76. The van der Waals surface area contributed by atoms with E-state index in [-0.39, 0.29) is 16.3 Å². The summed E-state index contributed by atoms with van der Waals surface area (Å²) in [7, 11) is -4.30. The number of carbonyl (C=O) groups is 1. The van der Waals surface area contributed by atoms with Gasteiger partial charge in [0.25, 0.3) is 10.0 Å². The molecule has 0 heterocycles. The number of carbonyl (C=O) groups excluding carboxylic acids is 1. The Bertz CT molecular complexity index is 1180. The van der Waals surface area contributed by atoms with E-state index in [1.165, 1.54) is 42.5 Å². The van der Waals surface area contributed by atoms with Crippen molar-refractivity contribution in [3.05, 3.63) is 84.7 Å². The maximum absolute atomic E-state index is 14.4. The summed E-state index contributed by atoms with van der Waals surface area (Å²) in [5.41, 5.74) is -0.240. The van der Waals surface area contributed by atoms with Crippen LogP contribution >= 0.6 is 0 Å². The summed E-state index contributed by atoms with van der Waals surface area (Å²) in [5, 5.41) is 2.37. The summed E-state index contributed by atoms with van der Waals surface area (Å²) < 4.78 is 81.7. The van der Waals surface area contributed by atoms with Crippen molar-refractivity contribution in [3.8, 4) is 5.75 Å². The highest BCUT2D eigenvalue weighted by molar-refractivity contribution is 7.92. The molecule has 32 heavy (non-hydrogen) atoms. The molecular formula is C21H16F4N2O4S. The van der Waals surface area contributed by atoms with Crippen molar-refractivity contribution >= 4 is 27.3 Å². The van der Waals surface area contributed by atoms with Gasteiger partial charge in [-0.15, -0.1) is 13.2 Å². The topological polar surface area (TPSA) is 75.7 Å². The van der Waals surface area contributed by atoms with E-state index in [9.17, 15) is 30.8 Å². The number of hydrogen-bond donors (Lipinski definition) is 1. The van der Waals surface area contributed by atoms with Gasteiger partial charge in [0.1, 0.15) is 18.1 Å². The van der Waals surface area contributed by atoms with E-state index >= 15 is 0 Å². The number of ether oxygens (including phenoxy) is 1. The van der Waals surface area contributed by atoms with Crippen molar-refractivity contribution in [2.45, 2.75) is 11.3 Å². The minimum Gasteiger partial charge on any atom is -0.406 e. The van der Waals surface area contributed by atoms with Gasteiger partial charge >= 0.3 is 6.36 Å². The second-order valence-corrected chi connectivity index (χ2v) is 8.26. The molecule has 0 unspecified atom stereocenters. The zero-order valence-corrected chi connectivity index (χ0v) is 17.0. The van der Waals surface area contributed by atoms with Gasteiger partial charge in [-0.05, 0) is 48.5 Å². The molecule has 1 amide bonds. The lowest BCUT2D eigenvalue weighted by Gasteiger charge is -2.24. The first-order valence-corrected chi connectivity index (χ1v) is 10.5. The minimum atomic E-state index is -4.86. The van der Waals surface area contributed by atoms with Crippen LogP contribution in [0.15, 0.2) is 83.8 Å². The quantitative estimate of drug-likeness (QED) is 0.516. The maximum Gasteiger partial charge on any atom is 0.573 e. The highest BCUT2D eigenvalue weighted by Crippen LogP contribution is 2.27. The Morgan fingerprint density at radius 1 is 0.906 bits per heavy atom. The number of sulfonamides is 1. The van der Waals surface area contributed by atoms with Crippen molar-refractivity contribution < 1.29 is 35.5 Å². The van der Waals surface area contributed by atoms with Gasteiger partial charge < -0.3 is 10.1 Å². The first-order chi connectivity index (χ1) is 15.1. The monoisotopic (exact) mass is 468 g/mol. The molecule has 0 saturated heterocycles. The largest absolute Gasteiger partial charge is 0.573 e. The molecule has 3 rings (SSSR count). The van der Waals surface area contributed by atoms with Gasteiger partial charge in [0.05, 0.1) is 10.6 Å². The second kappa shape index (κ2) is 9.27. The molecule has 0 aliphatic rings. The molecule has 0 saturated carbocycles. The molecule has 6 nitrogen and oxygen atoms in total. The molecule has 11 heteroatoms. The molecule has 3 aromatic rings. The van der Waals surface area contributed by atoms with E-state index in [0.717, 1.165) is 30.3 Å². The van der Waals surface area contributed by atoms with E-state index in [0.29, 0.717) is 4.31 Å². The van der Waals surface area contributed by atoms with Crippen LogP contribution in [0.1, 0.15) is 0 Å². The average molecular weight is 468 g/mol. The fraction of sp³-hybridized carbons (Fsp3) is 0.0952. The molecule has 0 fully saturated rings. The van der Waals surface area contributed by atoms with Crippen molar-refractivity contribution in [2.24, 2.45) is 0 Å². The molecule has 3 aromatic carbocycles. The number of nitrogens with zero attached hydrogens (tertiary/aromatic N) is 1. The fourth-order valence-electron chi connectivity index (χ4n) is 2.74. The lowest BCUT2D eigenvalue weighted by Crippen LogP contribution is -2.38. The van der Waals surface area contributed by atoms with Gasteiger partial charge in [0.2, 0.25) is 5.91 Å². The van der Waals surface area contributed by atoms with Gasteiger partial charge in [0, 0.05) is 5.69 Å². The van der Waals surface area contributed by atoms with Crippen molar-refractivity contribution in [1.29, 1.82) is 0 Å². The predicted molar refractivity (Wildman–Crippen MR) is 109 cm³/mol. The number of anilines is 2. The maximum atomic E-state index is 14.4. The molecule has 0 radical (unpaired) electrons. The number of rotatable bonds is 7. The first-order valence-electron chi connectivity index (χ1n) is 9.04. The van der Waals surface area contributed by atoms with Crippen LogP contribution in [0.3, 0.4) is 0 Å². The third-order valence-corrected chi connectivity index (χ3v) is 5.89. The van der Waals surface area contributed by atoms with Crippen LogP contribution < -0.4 is 14.4 Å².